The normalized spacial score (nSPS) is 15.2. The Labute approximate surface area is 82.8 Å². The van der Waals surface area contributed by atoms with Crippen LogP contribution < -0.4 is 5.32 Å². The smallest absolute Gasteiger partial charge is 0.226 e. The highest BCUT2D eigenvalue weighted by Gasteiger charge is 2.20. The first kappa shape index (κ1) is 9.12. The van der Waals surface area contributed by atoms with E-state index in [9.17, 15) is 4.79 Å². The van der Waals surface area contributed by atoms with Crippen LogP contribution in [0.4, 0.5) is 0 Å². The van der Waals surface area contributed by atoms with Gasteiger partial charge in [0.05, 0.1) is 17.8 Å². The average molecular weight is 191 g/mol. The van der Waals surface area contributed by atoms with Crippen molar-refractivity contribution < 1.29 is 4.79 Å². The molecule has 1 aliphatic heterocycles. The van der Waals surface area contributed by atoms with Crippen LogP contribution in [0.3, 0.4) is 0 Å². The molecule has 1 aromatic heterocycles. The van der Waals surface area contributed by atoms with Gasteiger partial charge >= 0.3 is 0 Å². The number of fused-ring (bicyclic) bond motifs is 1. The number of hydrogen-bond donors (Lipinski definition) is 1. The van der Waals surface area contributed by atoms with Crippen LogP contribution in [0.25, 0.3) is 0 Å². The van der Waals surface area contributed by atoms with E-state index >= 15 is 0 Å². The number of carbonyl (C=O) groups is 1. The van der Waals surface area contributed by atoms with Crippen LogP contribution in [0.5, 0.6) is 0 Å². The summed E-state index contributed by atoms with van der Waals surface area (Å²) in [5.41, 5.74) is 3.03. The maximum absolute atomic E-state index is 11.1. The third-order valence-corrected chi connectivity index (χ3v) is 2.41. The average Bonchev–Trinajstić information content (AvgIpc) is 2.16. The van der Waals surface area contributed by atoms with E-state index < -0.39 is 0 Å². The minimum absolute atomic E-state index is 0.0471. The van der Waals surface area contributed by atoms with Crippen molar-refractivity contribution in [1.29, 1.82) is 0 Å². The van der Waals surface area contributed by atoms with Crippen molar-refractivity contribution in [3.05, 3.63) is 23.3 Å². The van der Waals surface area contributed by atoms with E-state index in [-0.39, 0.29) is 5.91 Å². The fraction of sp³-hybridized carbons (Fsp3) is 0.500. The summed E-state index contributed by atoms with van der Waals surface area (Å²) >= 11 is 0. The predicted molar refractivity (Wildman–Crippen MR) is 51.7 cm³/mol. The molecule has 74 valence electrons. The summed E-state index contributed by atoms with van der Waals surface area (Å²) in [5.74, 6) is 0.424. The minimum Gasteiger partial charge on any atom is -0.352 e. The molecule has 1 N–H and O–H groups in total. The second kappa shape index (κ2) is 3.36. The molecule has 1 aliphatic rings. The molecule has 4 heteroatoms. The first-order valence-corrected chi connectivity index (χ1v) is 4.78. The number of nitrogens with one attached hydrogen (secondary N) is 1. The Bertz CT molecular complexity index is 374. The summed E-state index contributed by atoms with van der Waals surface area (Å²) in [5, 5.41) is 2.81. The molecule has 14 heavy (non-hydrogen) atoms. The van der Waals surface area contributed by atoms with Crippen molar-refractivity contribution >= 4 is 5.91 Å². The number of rotatable bonds is 1. The monoisotopic (exact) mass is 191 g/mol. The SMILES string of the molecule is CC(C)c1ncnc2c1CNC(=O)C2. The molecule has 0 spiro atoms. The first-order valence-electron chi connectivity index (χ1n) is 4.78. The number of amides is 1. The highest BCUT2D eigenvalue weighted by atomic mass is 16.1. The maximum Gasteiger partial charge on any atom is 0.226 e. The quantitative estimate of drug-likeness (QED) is 0.713. The van der Waals surface area contributed by atoms with Gasteiger partial charge in [0.1, 0.15) is 6.33 Å². The molecule has 0 saturated heterocycles. The predicted octanol–water partition coefficient (Wildman–Crippen LogP) is 0.772. The van der Waals surface area contributed by atoms with E-state index in [2.05, 4.69) is 29.1 Å². The van der Waals surface area contributed by atoms with Crippen molar-refractivity contribution in [2.45, 2.75) is 32.7 Å². The highest BCUT2D eigenvalue weighted by molar-refractivity contribution is 5.80. The van der Waals surface area contributed by atoms with Crippen LogP contribution in [-0.2, 0) is 17.8 Å². The number of carbonyl (C=O) groups excluding carboxylic acids is 1. The van der Waals surface area contributed by atoms with Crippen LogP contribution >= 0.6 is 0 Å². The Hall–Kier alpha value is -1.45. The molecule has 0 aromatic carbocycles. The summed E-state index contributed by atoms with van der Waals surface area (Å²) in [6.07, 6.45) is 1.93. The van der Waals surface area contributed by atoms with Crippen LogP contribution in [-0.4, -0.2) is 15.9 Å². The molecule has 0 fully saturated rings. The summed E-state index contributed by atoms with van der Waals surface area (Å²) < 4.78 is 0. The second-order valence-corrected chi connectivity index (χ2v) is 3.79. The van der Waals surface area contributed by atoms with E-state index in [0.29, 0.717) is 18.9 Å². The van der Waals surface area contributed by atoms with Crippen LogP contribution in [0.1, 0.15) is 36.7 Å². The van der Waals surface area contributed by atoms with E-state index in [1.807, 2.05) is 0 Å². The zero-order chi connectivity index (χ0) is 10.1. The number of hydrogen-bond acceptors (Lipinski definition) is 3. The van der Waals surface area contributed by atoms with Crippen LogP contribution in [0, 0.1) is 0 Å². The zero-order valence-electron chi connectivity index (χ0n) is 8.37. The fourth-order valence-electron chi connectivity index (χ4n) is 1.71. The lowest BCUT2D eigenvalue weighted by molar-refractivity contribution is -0.121. The molecule has 0 aliphatic carbocycles. The first-order chi connectivity index (χ1) is 6.68. The zero-order valence-corrected chi connectivity index (χ0v) is 8.37. The Morgan fingerprint density at radius 1 is 1.43 bits per heavy atom. The van der Waals surface area contributed by atoms with Gasteiger partial charge in [0, 0.05) is 12.1 Å². The molecular weight excluding hydrogens is 178 g/mol. The molecule has 0 radical (unpaired) electrons. The fourth-order valence-corrected chi connectivity index (χ4v) is 1.71. The maximum atomic E-state index is 11.1. The molecule has 0 atom stereocenters. The topological polar surface area (TPSA) is 54.9 Å². The number of aromatic nitrogens is 2. The summed E-state index contributed by atoms with van der Waals surface area (Å²) in [4.78, 5) is 19.5. The van der Waals surface area contributed by atoms with Gasteiger partial charge in [-0.25, -0.2) is 9.97 Å². The molecule has 4 nitrogen and oxygen atoms in total. The highest BCUT2D eigenvalue weighted by Crippen LogP contribution is 2.21. The van der Waals surface area contributed by atoms with E-state index in [1.165, 1.54) is 0 Å². The second-order valence-electron chi connectivity index (χ2n) is 3.79. The molecule has 0 unspecified atom stereocenters. The van der Waals surface area contributed by atoms with E-state index in [4.69, 9.17) is 0 Å². The summed E-state index contributed by atoms with van der Waals surface area (Å²) in [6.45, 7) is 4.76. The Morgan fingerprint density at radius 2 is 2.21 bits per heavy atom. The number of nitrogens with zero attached hydrogens (tertiary/aromatic N) is 2. The van der Waals surface area contributed by atoms with E-state index in [0.717, 1.165) is 17.0 Å². The molecule has 0 bridgehead atoms. The molecule has 2 rings (SSSR count). The van der Waals surface area contributed by atoms with E-state index in [1.54, 1.807) is 6.33 Å². The molecule has 1 aromatic rings. The summed E-state index contributed by atoms with van der Waals surface area (Å²) in [6, 6.07) is 0. The minimum atomic E-state index is 0.0471. The van der Waals surface area contributed by atoms with Gasteiger partial charge in [0.15, 0.2) is 0 Å². The van der Waals surface area contributed by atoms with Crippen LogP contribution in [0.2, 0.25) is 0 Å². The molecule has 1 amide bonds. The molecule has 0 saturated carbocycles. The van der Waals surface area contributed by atoms with Crippen molar-refractivity contribution in [1.82, 2.24) is 15.3 Å². The third kappa shape index (κ3) is 1.47. The lowest BCUT2D eigenvalue weighted by Gasteiger charge is -2.19. The van der Waals surface area contributed by atoms with Crippen molar-refractivity contribution in [2.24, 2.45) is 0 Å². The Morgan fingerprint density at radius 3 is 2.93 bits per heavy atom. The van der Waals surface area contributed by atoms with Gasteiger partial charge in [-0.3, -0.25) is 4.79 Å². The lowest BCUT2D eigenvalue weighted by atomic mass is 9.99. The van der Waals surface area contributed by atoms with Crippen molar-refractivity contribution in [3.8, 4) is 0 Å². The van der Waals surface area contributed by atoms with Gasteiger partial charge in [0.2, 0.25) is 5.91 Å². The Kier molecular flexibility index (Phi) is 2.19. The molecular formula is C10H13N3O. The van der Waals surface area contributed by atoms with Gasteiger partial charge in [-0.15, -0.1) is 0 Å². The van der Waals surface area contributed by atoms with Gasteiger partial charge in [0.25, 0.3) is 0 Å². The summed E-state index contributed by atoms with van der Waals surface area (Å²) in [7, 11) is 0. The van der Waals surface area contributed by atoms with Gasteiger partial charge in [-0.2, -0.15) is 0 Å². The van der Waals surface area contributed by atoms with Gasteiger partial charge < -0.3 is 5.32 Å². The lowest BCUT2D eigenvalue weighted by Crippen LogP contribution is -2.32. The van der Waals surface area contributed by atoms with Crippen molar-refractivity contribution in [2.75, 3.05) is 0 Å². The largest absolute Gasteiger partial charge is 0.352 e. The Balaban J connectivity index is 2.46. The van der Waals surface area contributed by atoms with Gasteiger partial charge in [-0.1, -0.05) is 13.8 Å². The van der Waals surface area contributed by atoms with Crippen LogP contribution in [0.15, 0.2) is 6.33 Å². The van der Waals surface area contributed by atoms with Crippen molar-refractivity contribution in [3.63, 3.8) is 0 Å². The standard InChI is InChI=1S/C10H13N3O/c1-6(2)10-7-4-11-9(14)3-8(7)12-5-13-10/h5-6H,3-4H2,1-2H3,(H,11,14). The third-order valence-electron chi connectivity index (χ3n) is 2.41. The van der Waals surface area contributed by atoms with Gasteiger partial charge in [-0.05, 0) is 5.92 Å². The molecule has 2 heterocycles.